The van der Waals surface area contributed by atoms with E-state index in [9.17, 15) is 9.59 Å². The fraction of sp³-hybridized carbons (Fsp3) is 0.273. The summed E-state index contributed by atoms with van der Waals surface area (Å²) in [5.74, 6) is -0.800. The molecule has 0 bridgehead atoms. The average molecular weight is 252 g/mol. The van der Waals surface area contributed by atoms with Crippen molar-refractivity contribution in [1.29, 1.82) is 0 Å². The van der Waals surface area contributed by atoms with Crippen LogP contribution in [0.4, 0.5) is 0 Å². The van der Waals surface area contributed by atoms with Crippen LogP contribution in [0.25, 0.3) is 0 Å². The largest absolute Gasteiger partial charge is 0.464 e. The minimum absolute atomic E-state index is 0.172. The average Bonchev–Trinajstić information content (AvgIpc) is 2.84. The number of methoxy groups -OCH3 is 1. The maximum Gasteiger partial charge on any atom is 0.356 e. The molecule has 0 aromatic carbocycles. The van der Waals surface area contributed by atoms with E-state index in [1.54, 1.807) is 6.92 Å². The van der Waals surface area contributed by atoms with Crippen molar-refractivity contribution in [2.24, 2.45) is 0 Å². The van der Waals surface area contributed by atoms with Gasteiger partial charge in [0.1, 0.15) is 11.7 Å². The highest BCUT2D eigenvalue weighted by molar-refractivity contribution is 7.10. The van der Waals surface area contributed by atoms with Crippen molar-refractivity contribution < 1.29 is 14.3 Å². The van der Waals surface area contributed by atoms with Gasteiger partial charge in [-0.05, 0) is 18.4 Å². The number of hydrogen-bond donors (Lipinski definition) is 2. The number of hydrogen-bond acceptors (Lipinski definition) is 5. The smallest absolute Gasteiger partial charge is 0.356 e. The Kier molecular flexibility index (Phi) is 3.14. The summed E-state index contributed by atoms with van der Waals surface area (Å²) < 4.78 is 4.59. The summed E-state index contributed by atoms with van der Waals surface area (Å²) in [6.45, 7) is 1.73. The summed E-state index contributed by atoms with van der Waals surface area (Å²) in [6, 6.07) is 3.31. The number of ether oxygens (including phenoxy) is 1. The molecular formula is C11H12N2O3S. The third-order valence-corrected chi connectivity index (χ3v) is 3.40. The summed E-state index contributed by atoms with van der Waals surface area (Å²) in [5.41, 5.74) is 0.778. The normalized spacial score (nSPS) is 19.6. The first-order chi connectivity index (χ1) is 8.13. The van der Waals surface area contributed by atoms with Crippen molar-refractivity contribution in [2.75, 3.05) is 7.11 Å². The van der Waals surface area contributed by atoms with Gasteiger partial charge >= 0.3 is 5.97 Å². The predicted octanol–water partition coefficient (Wildman–Crippen LogP) is 0.913. The monoisotopic (exact) mass is 252 g/mol. The number of amides is 1. The van der Waals surface area contributed by atoms with Crippen LogP contribution in [0, 0.1) is 0 Å². The molecule has 90 valence electrons. The van der Waals surface area contributed by atoms with Gasteiger partial charge in [0.15, 0.2) is 0 Å². The third-order valence-electron chi connectivity index (χ3n) is 2.46. The molecule has 6 heteroatoms. The number of nitrogens with one attached hydrogen (secondary N) is 2. The van der Waals surface area contributed by atoms with Crippen molar-refractivity contribution in [3.05, 3.63) is 33.8 Å². The molecule has 0 saturated heterocycles. The molecule has 0 spiro atoms. The molecule has 0 saturated carbocycles. The Morgan fingerprint density at radius 2 is 2.29 bits per heavy atom. The second-order valence-electron chi connectivity index (χ2n) is 3.57. The summed E-state index contributed by atoms with van der Waals surface area (Å²) >= 11 is 1.49. The third kappa shape index (κ3) is 2.16. The van der Waals surface area contributed by atoms with Crippen molar-refractivity contribution in [3.63, 3.8) is 0 Å². The Morgan fingerprint density at radius 1 is 1.53 bits per heavy atom. The van der Waals surface area contributed by atoms with E-state index in [2.05, 4.69) is 15.4 Å². The highest BCUT2D eigenvalue weighted by Crippen LogP contribution is 2.23. The molecule has 1 aromatic heterocycles. The summed E-state index contributed by atoms with van der Waals surface area (Å²) in [7, 11) is 1.28. The van der Waals surface area contributed by atoms with Crippen molar-refractivity contribution >= 4 is 23.2 Å². The summed E-state index contributed by atoms with van der Waals surface area (Å²) in [5, 5.41) is 7.48. The maximum absolute atomic E-state index is 11.9. The molecule has 0 aliphatic carbocycles. The van der Waals surface area contributed by atoms with Gasteiger partial charge in [0.05, 0.1) is 7.11 Å². The van der Waals surface area contributed by atoms with Crippen molar-refractivity contribution in [2.45, 2.75) is 13.0 Å². The van der Waals surface area contributed by atoms with Gasteiger partial charge in [-0.2, -0.15) is 0 Å². The van der Waals surface area contributed by atoms with Crippen LogP contribution in [0.2, 0.25) is 0 Å². The Hall–Kier alpha value is -1.82. The number of esters is 1. The van der Waals surface area contributed by atoms with E-state index in [4.69, 9.17) is 0 Å². The van der Waals surface area contributed by atoms with Gasteiger partial charge < -0.3 is 15.4 Å². The van der Waals surface area contributed by atoms with Crippen LogP contribution in [0.1, 0.15) is 17.8 Å². The highest BCUT2D eigenvalue weighted by atomic mass is 32.1. The Labute approximate surface area is 102 Å². The Morgan fingerprint density at radius 3 is 2.88 bits per heavy atom. The van der Waals surface area contributed by atoms with Crippen LogP contribution in [0.5, 0.6) is 0 Å². The molecule has 2 N–H and O–H groups in total. The SMILES string of the molecule is COC(=O)C1=C(C)N[C@H](c2cccs2)C(=O)N1. The van der Waals surface area contributed by atoms with Crippen LogP contribution in [0.15, 0.2) is 28.9 Å². The number of rotatable bonds is 2. The lowest BCUT2D eigenvalue weighted by atomic mass is 10.1. The van der Waals surface area contributed by atoms with Crippen LogP contribution >= 0.6 is 11.3 Å². The molecule has 17 heavy (non-hydrogen) atoms. The molecular weight excluding hydrogens is 240 g/mol. The zero-order valence-corrected chi connectivity index (χ0v) is 10.3. The fourth-order valence-corrected chi connectivity index (χ4v) is 2.38. The van der Waals surface area contributed by atoms with E-state index >= 15 is 0 Å². The first kappa shape index (κ1) is 11.7. The molecule has 0 unspecified atom stereocenters. The number of carbonyl (C=O) groups excluding carboxylic acids is 2. The summed E-state index contributed by atoms with van der Waals surface area (Å²) in [6.07, 6.45) is 0. The fourth-order valence-electron chi connectivity index (χ4n) is 1.61. The zero-order chi connectivity index (χ0) is 12.4. The zero-order valence-electron chi connectivity index (χ0n) is 9.44. The molecule has 1 aliphatic heterocycles. The van der Waals surface area contributed by atoms with E-state index in [1.165, 1.54) is 18.4 Å². The van der Waals surface area contributed by atoms with E-state index in [0.29, 0.717) is 5.70 Å². The number of allylic oxidation sites excluding steroid dienone is 1. The van der Waals surface area contributed by atoms with E-state index in [-0.39, 0.29) is 11.6 Å². The predicted molar refractivity (Wildman–Crippen MR) is 63.1 cm³/mol. The van der Waals surface area contributed by atoms with Crippen molar-refractivity contribution in [3.8, 4) is 0 Å². The first-order valence-electron chi connectivity index (χ1n) is 5.03. The molecule has 0 fully saturated rings. The first-order valence-corrected chi connectivity index (χ1v) is 5.91. The lowest BCUT2D eigenvalue weighted by Gasteiger charge is -2.25. The lowest BCUT2D eigenvalue weighted by Crippen LogP contribution is -2.44. The summed E-state index contributed by atoms with van der Waals surface area (Å²) in [4.78, 5) is 24.2. The van der Waals surface area contributed by atoms with Gasteiger partial charge in [-0.3, -0.25) is 4.79 Å². The maximum atomic E-state index is 11.9. The van der Waals surface area contributed by atoms with Gasteiger partial charge in [0.2, 0.25) is 0 Å². The standard InChI is InChI=1S/C11H12N2O3S/c1-6-8(11(15)16-2)13-10(14)9(12-6)7-4-3-5-17-7/h3-5,9,12H,1-2H3,(H,13,14)/t9-/m1/s1. The highest BCUT2D eigenvalue weighted by Gasteiger charge is 2.30. The molecule has 2 rings (SSSR count). The molecule has 5 nitrogen and oxygen atoms in total. The molecule has 2 heterocycles. The second kappa shape index (κ2) is 4.58. The quantitative estimate of drug-likeness (QED) is 0.768. The van der Waals surface area contributed by atoms with Gasteiger partial charge in [0, 0.05) is 10.6 Å². The molecule has 1 aliphatic rings. The topological polar surface area (TPSA) is 67.4 Å². The minimum Gasteiger partial charge on any atom is -0.464 e. The van der Waals surface area contributed by atoms with Gasteiger partial charge in [0.25, 0.3) is 5.91 Å². The van der Waals surface area contributed by atoms with Gasteiger partial charge in [-0.1, -0.05) is 6.07 Å². The van der Waals surface area contributed by atoms with E-state index in [1.807, 2.05) is 17.5 Å². The van der Waals surface area contributed by atoms with Gasteiger partial charge in [-0.15, -0.1) is 11.3 Å². The van der Waals surface area contributed by atoms with Crippen LogP contribution in [0.3, 0.4) is 0 Å². The number of thiophene rings is 1. The molecule has 0 radical (unpaired) electrons. The minimum atomic E-state index is -0.548. The van der Waals surface area contributed by atoms with E-state index < -0.39 is 12.0 Å². The Balaban J connectivity index is 2.26. The van der Waals surface area contributed by atoms with Crippen molar-refractivity contribution in [1.82, 2.24) is 10.6 Å². The molecule has 1 atom stereocenters. The molecule has 1 amide bonds. The lowest BCUT2D eigenvalue weighted by molar-refractivity contribution is -0.138. The van der Waals surface area contributed by atoms with Gasteiger partial charge in [-0.25, -0.2) is 4.79 Å². The van der Waals surface area contributed by atoms with Crippen LogP contribution in [-0.2, 0) is 14.3 Å². The Bertz CT molecular complexity index is 479. The van der Waals surface area contributed by atoms with Crippen LogP contribution in [-0.4, -0.2) is 19.0 Å². The van der Waals surface area contributed by atoms with Crippen LogP contribution < -0.4 is 10.6 Å². The second-order valence-corrected chi connectivity index (χ2v) is 4.55. The molecule has 1 aromatic rings. The number of carbonyl (C=O) groups is 2. The van der Waals surface area contributed by atoms with E-state index in [0.717, 1.165) is 4.88 Å².